The molecule has 4 nitrogen and oxygen atoms in total. The van der Waals surface area contributed by atoms with Gasteiger partial charge in [0.05, 0.1) is 16.3 Å². The zero-order valence-corrected chi connectivity index (χ0v) is 9.71. The first-order valence-corrected chi connectivity index (χ1v) is 5.13. The minimum absolute atomic E-state index is 0.0903. The largest absolute Gasteiger partial charge is 0.478 e. The van der Waals surface area contributed by atoms with Crippen LogP contribution >= 0.6 is 11.6 Å². The molecule has 1 aromatic carbocycles. The Morgan fingerprint density at radius 3 is 2.44 bits per heavy atom. The van der Waals surface area contributed by atoms with E-state index in [1.807, 2.05) is 0 Å². The van der Waals surface area contributed by atoms with Gasteiger partial charge in [0, 0.05) is 5.92 Å². The van der Waals surface area contributed by atoms with Gasteiger partial charge in [0.1, 0.15) is 0 Å². The Morgan fingerprint density at radius 1 is 1.38 bits per heavy atom. The lowest BCUT2D eigenvalue weighted by atomic mass is 10.1. The zero-order chi connectivity index (χ0) is 12.3. The number of rotatable bonds is 3. The molecule has 1 rings (SSSR count). The molecule has 0 aliphatic heterocycles. The molecular formula is C11H12ClNO3. The summed E-state index contributed by atoms with van der Waals surface area (Å²) in [6, 6.07) is 4.18. The molecule has 0 aliphatic rings. The van der Waals surface area contributed by atoms with Crippen LogP contribution in [0.15, 0.2) is 18.2 Å². The van der Waals surface area contributed by atoms with Crippen LogP contribution in [0.5, 0.6) is 0 Å². The number of nitrogens with one attached hydrogen (secondary N) is 1. The van der Waals surface area contributed by atoms with E-state index in [4.69, 9.17) is 16.7 Å². The summed E-state index contributed by atoms with van der Waals surface area (Å²) in [4.78, 5) is 22.0. The maximum atomic E-state index is 11.4. The van der Waals surface area contributed by atoms with Crippen LogP contribution in [0.1, 0.15) is 24.2 Å². The van der Waals surface area contributed by atoms with Crippen LogP contribution in [-0.2, 0) is 4.79 Å². The summed E-state index contributed by atoms with van der Waals surface area (Å²) in [6.45, 7) is 3.52. The van der Waals surface area contributed by atoms with Gasteiger partial charge < -0.3 is 10.4 Å². The van der Waals surface area contributed by atoms with Crippen LogP contribution in [0.25, 0.3) is 0 Å². The summed E-state index contributed by atoms with van der Waals surface area (Å²) in [6.07, 6.45) is 0. The van der Waals surface area contributed by atoms with E-state index in [2.05, 4.69) is 5.32 Å². The molecule has 0 aliphatic carbocycles. The third-order valence-electron chi connectivity index (χ3n) is 2.00. The molecular weight excluding hydrogens is 230 g/mol. The van der Waals surface area contributed by atoms with Crippen molar-refractivity contribution in [3.05, 3.63) is 28.8 Å². The van der Waals surface area contributed by atoms with Crippen molar-refractivity contribution >= 4 is 29.2 Å². The van der Waals surface area contributed by atoms with Crippen molar-refractivity contribution in [3.8, 4) is 0 Å². The fourth-order valence-corrected chi connectivity index (χ4v) is 1.25. The van der Waals surface area contributed by atoms with Crippen molar-refractivity contribution in [2.24, 2.45) is 5.92 Å². The van der Waals surface area contributed by atoms with Gasteiger partial charge in [0.2, 0.25) is 5.91 Å². The molecule has 0 fully saturated rings. The quantitative estimate of drug-likeness (QED) is 0.855. The Balaban J connectivity index is 2.91. The first-order valence-electron chi connectivity index (χ1n) is 4.75. The molecule has 1 amide bonds. The molecule has 2 N–H and O–H groups in total. The Labute approximate surface area is 98.2 Å². The van der Waals surface area contributed by atoms with Crippen molar-refractivity contribution in [1.29, 1.82) is 0 Å². The molecule has 0 bridgehead atoms. The monoisotopic (exact) mass is 241 g/mol. The van der Waals surface area contributed by atoms with Crippen LogP contribution in [0.2, 0.25) is 5.02 Å². The number of aromatic carboxylic acids is 1. The summed E-state index contributed by atoms with van der Waals surface area (Å²) < 4.78 is 0. The molecule has 0 saturated carbocycles. The minimum Gasteiger partial charge on any atom is -0.478 e. The van der Waals surface area contributed by atoms with Crippen LogP contribution < -0.4 is 5.32 Å². The van der Waals surface area contributed by atoms with E-state index in [0.29, 0.717) is 5.69 Å². The number of hydrogen-bond acceptors (Lipinski definition) is 2. The first-order chi connectivity index (χ1) is 7.41. The molecule has 0 radical (unpaired) electrons. The first kappa shape index (κ1) is 12.5. The molecule has 16 heavy (non-hydrogen) atoms. The second kappa shape index (κ2) is 4.99. The van der Waals surface area contributed by atoms with Gasteiger partial charge in [-0.2, -0.15) is 0 Å². The topological polar surface area (TPSA) is 66.4 Å². The SMILES string of the molecule is CC(C)C(=O)Nc1ccc(C(=O)O)cc1Cl. The molecule has 0 unspecified atom stereocenters. The molecule has 0 atom stereocenters. The maximum absolute atomic E-state index is 11.4. The number of benzene rings is 1. The van der Waals surface area contributed by atoms with Gasteiger partial charge in [0.25, 0.3) is 0 Å². The molecule has 1 aromatic rings. The average molecular weight is 242 g/mol. The van der Waals surface area contributed by atoms with Gasteiger partial charge in [-0.25, -0.2) is 4.79 Å². The molecule has 0 spiro atoms. The minimum atomic E-state index is -1.05. The fourth-order valence-electron chi connectivity index (χ4n) is 1.03. The summed E-state index contributed by atoms with van der Waals surface area (Å²) in [7, 11) is 0. The maximum Gasteiger partial charge on any atom is 0.335 e. The second-order valence-corrected chi connectivity index (χ2v) is 4.05. The highest BCUT2D eigenvalue weighted by Crippen LogP contribution is 2.23. The van der Waals surface area contributed by atoms with Crippen molar-refractivity contribution in [3.63, 3.8) is 0 Å². The Hall–Kier alpha value is -1.55. The van der Waals surface area contributed by atoms with Gasteiger partial charge in [-0.05, 0) is 18.2 Å². The summed E-state index contributed by atoms with van der Waals surface area (Å²) in [5, 5.41) is 11.6. The van der Waals surface area contributed by atoms with Crippen LogP contribution in [0, 0.1) is 5.92 Å². The van der Waals surface area contributed by atoms with Crippen LogP contribution in [0.3, 0.4) is 0 Å². The Bertz CT molecular complexity index is 429. The number of amides is 1. The molecule has 0 heterocycles. The van der Waals surface area contributed by atoms with E-state index in [9.17, 15) is 9.59 Å². The fraction of sp³-hybridized carbons (Fsp3) is 0.273. The van der Waals surface area contributed by atoms with E-state index in [1.54, 1.807) is 13.8 Å². The van der Waals surface area contributed by atoms with Gasteiger partial charge >= 0.3 is 5.97 Å². The lowest BCUT2D eigenvalue weighted by Gasteiger charge is -2.09. The van der Waals surface area contributed by atoms with Gasteiger partial charge in [-0.1, -0.05) is 25.4 Å². The van der Waals surface area contributed by atoms with Crippen LogP contribution in [0.4, 0.5) is 5.69 Å². The van der Waals surface area contributed by atoms with Crippen molar-refractivity contribution in [2.45, 2.75) is 13.8 Å². The number of anilines is 1. The highest BCUT2D eigenvalue weighted by Gasteiger charge is 2.11. The van der Waals surface area contributed by atoms with Gasteiger partial charge in [-0.15, -0.1) is 0 Å². The molecule has 86 valence electrons. The van der Waals surface area contributed by atoms with Gasteiger partial charge in [0.15, 0.2) is 0 Å². The Kier molecular flexibility index (Phi) is 3.90. The second-order valence-electron chi connectivity index (χ2n) is 3.64. The molecule has 0 saturated heterocycles. The number of carbonyl (C=O) groups excluding carboxylic acids is 1. The number of hydrogen-bond donors (Lipinski definition) is 2. The molecule has 5 heteroatoms. The highest BCUT2D eigenvalue weighted by molar-refractivity contribution is 6.34. The highest BCUT2D eigenvalue weighted by atomic mass is 35.5. The lowest BCUT2D eigenvalue weighted by molar-refractivity contribution is -0.118. The smallest absolute Gasteiger partial charge is 0.335 e. The van der Waals surface area contributed by atoms with E-state index in [1.165, 1.54) is 18.2 Å². The Morgan fingerprint density at radius 2 is 2.00 bits per heavy atom. The standard InChI is InChI=1S/C11H12ClNO3/c1-6(2)10(14)13-9-4-3-7(11(15)16)5-8(9)12/h3-6H,1-2H3,(H,13,14)(H,15,16). The molecule has 0 aromatic heterocycles. The number of carboxylic acids is 1. The number of carboxylic acid groups (broad SMARTS) is 1. The van der Waals surface area contributed by atoms with E-state index in [0.717, 1.165) is 0 Å². The van der Waals surface area contributed by atoms with E-state index >= 15 is 0 Å². The lowest BCUT2D eigenvalue weighted by Crippen LogP contribution is -2.18. The summed E-state index contributed by atoms with van der Waals surface area (Å²) >= 11 is 5.84. The van der Waals surface area contributed by atoms with Crippen LogP contribution in [-0.4, -0.2) is 17.0 Å². The van der Waals surface area contributed by atoms with Crippen molar-refractivity contribution < 1.29 is 14.7 Å². The van der Waals surface area contributed by atoms with Crippen molar-refractivity contribution in [1.82, 2.24) is 0 Å². The number of carbonyl (C=O) groups is 2. The van der Waals surface area contributed by atoms with E-state index in [-0.39, 0.29) is 22.4 Å². The number of halogens is 1. The third kappa shape index (κ3) is 2.97. The zero-order valence-electron chi connectivity index (χ0n) is 8.95. The average Bonchev–Trinajstić information content (AvgIpc) is 2.20. The summed E-state index contributed by atoms with van der Waals surface area (Å²) in [5.41, 5.74) is 0.512. The predicted octanol–water partition coefficient (Wildman–Crippen LogP) is 2.63. The third-order valence-corrected chi connectivity index (χ3v) is 2.31. The normalized spacial score (nSPS) is 10.2. The van der Waals surface area contributed by atoms with Gasteiger partial charge in [-0.3, -0.25) is 4.79 Å². The van der Waals surface area contributed by atoms with E-state index < -0.39 is 5.97 Å². The predicted molar refractivity (Wildman–Crippen MR) is 61.9 cm³/mol. The van der Waals surface area contributed by atoms with Crippen molar-refractivity contribution in [2.75, 3.05) is 5.32 Å². The summed E-state index contributed by atoms with van der Waals surface area (Å²) in [5.74, 6) is -1.37.